The highest BCUT2D eigenvalue weighted by Crippen LogP contribution is 2.27. The Kier molecular flexibility index (Phi) is 2.30. The van der Waals surface area contributed by atoms with Crippen molar-refractivity contribution >= 4 is 0 Å². The number of likely N-dealkylation sites (N-methyl/N-ethyl adjacent to an activating group) is 1. The van der Waals surface area contributed by atoms with Crippen LogP contribution in [0.25, 0.3) is 0 Å². The van der Waals surface area contributed by atoms with Gasteiger partial charge < -0.3 is 9.64 Å². The molecule has 0 fully saturated rings. The molecule has 2 aliphatic rings. The summed E-state index contributed by atoms with van der Waals surface area (Å²) >= 11 is 0. The Morgan fingerprint density at radius 2 is 2.23 bits per heavy atom. The van der Waals surface area contributed by atoms with Crippen molar-refractivity contribution in [3.8, 4) is 0 Å². The van der Waals surface area contributed by atoms with Gasteiger partial charge in [0, 0.05) is 13.5 Å². The van der Waals surface area contributed by atoms with Gasteiger partial charge >= 0.3 is 0 Å². The number of ether oxygens (including phenoxy) is 1. The molecule has 0 bridgehead atoms. The van der Waals surface area contributed by atoms with Gasteiger partial charge in [0.05, 0.1) is 12.2 Å². The third-order valence-corrected chi connectivity index (χ3v) is 2.76. The van der Waals surface area contributed by atoms with E-state index in [1.54, 1.807) is 0 Å². The van der Waals surface area contributed by atoms with Crippen LogP contribution in [0.15, 0.2) is 23.1 Å². The van der Waals surface area contributed by atoms with Crippen LogP contribution in [-0.2, 0) is 4.74 Å². The molecule has 0 aromatic carbocycles. The Balaban J connectivity index is 2.31. The van der Waals surface area contributed by atoms with Crippen LogP contribution in [0, 0.1) is 0 Å². The summed E-state index contributed by atoms with van der Waals surface area (Å²) in [6.45, 7) is 4.07. The van der Waals surface area contributed by atoms with Crippen LogP contribution < -0.4 is 0 Å². The number of nitrogens with zero attached hydrogens (tertiary/aromatic N) is 1. The van der Waals surface area contributed by atoms with E-state index in [0.29, 0.717) is 0 Å². The molecular formula is C11H17NO. The highest BCUT2D eigenvalue weighted by molar-refractivity contribution is 5.27. The Hall–Kier alpha value is -0.920. The first-order valence-corrected chi connectivity index (χ1v) is 5.01. The molecule has 0 amide bonds. The number of rotatable bonds is 0. The predicted molar refractivity (Wildman–Crippen MR) is 53.2 cm³/mol. The summed E-state index contributed by atoms with van der Waals surface area (Å²) in [6.07, 6.45) is 5.83. The van der Waals surface area contributed by atoms with Crippen molar-refractivity contribution in [1.29, 1.82) is 0 Å². The van der Waals surface area contributed by atoms with Gasteiger partial charge in [0.1, 0.15) is 12.4 Å². The molecule has 0 aromatic heterocycles. The van der Waals surface area contributed by atoms with Gasteiger partial charge in [-0.05, 0) is 25.8 Å². The minimum atomic E-state index is 0.849. The third kappa shape index (κ3) is 1.71. The van der Waals surface area contributed by atoms with Crippen LogP contribution in [0.4, 0.5) is 0 Å². The van der Waals surface area contributed by atoms with E-state index in [2.05, 4.69) is 24.9 Å². The monoisotopic (exact) mass is 179 g/mol. The molecule has 0 saturated heterocycles. The lowest BCUT2D eigenvalue weighted by Crippen LogP contribution is -2.28. The van der Waals surface area contributed by atoms with Crippen LogP contribution in [0.2, 0.25) is 0 Å². The van der Waals surface area contributed by atoms with Gasteiger partial charge in [-0.15, -0.1) is 0 Å². The maximum atomic E-state index is 5.67. The summed E-state index contributed by atoms with van der Waals surface area (Å²) in [5, 5.41) is 0. The highest BCUT2D eigenvalue weighted by atomic mass is 16.5. The molecule has 0 unspecified atom stereocenters. The Morgan fingerprint density at radius 3 is 3.08 bits per heavy atom. The molecule has 1 aliphatic heterocycles. The van der Waals surface area contributed by atoms with E-state index < -0.39 is 0 Å². The number of hydrogen-bond acceptors (Lipinski definition) is 2. The summed E-state index contributed by atoms with van der Waals surface area (Å²) < 4.78 is 5.67. The first-order chi connectivity index (χ1) is 6.27. The van der Waals surface area contributed by atoms with Gasteiger partial charge in [-0.25, -0.2) is 0 Å². The zero-order valence-corrected chi connectivity index (χ0v) is 8.47. The maximum absolute atomic E-state index is 5.67. The third-order valence-electron chi connectivity index (χ3n) is 2.76. The SMILES string of the molecule is CC1=CC2=C(CCC1)OCCN2C. The second-order valence-corrected chi connectivity index (χ2v) is 3.92. The molecule has 1 heterocycles. The van der Waals surface area contributed by atoms with Gasteiger partial charge in [-0.2, -0.15) is 0 Å². The van der Waals surface area contributed by atoms with E-state index in [0.717, 1.165) is 19.6 Å². The lowest BCUT2D eigenvalue weighted by molar-refractivity contribution is 0.138. The first-order valence-electron chi connectivity index (χ1n) is 5.01. The van der Waals surface area contributed by atoms with Crippen LogP contribution in [0.5, 0.6) is 0 Å². The lowest BCUT2D eigenvalue weighted by atomic mass is 10.1. The van der Waals surface area contributed by atoms with E-state index in [-0.39, 0.29) is 0 Å². The topological polar surface area (TPSA) is 12.5 Å². The Labute approximate surface area is 79.9 Å². The molecular weight excluding hydrogens is 162 g/mol. The summed E-state index contributed by atoms with van der Waals surface area (Å²) in [4.78, 5) is 2.30. The molecule has 0 saturated carbocycles. The highest BCUT2D eigenvalue weighted by Gasteiger charge is 2.18. The van der Waals surface area contributed by atoms with E-state index in [1.807, 2.05) is 0 Å². The zero-order chi connectivity index (χ0) is 9.26. The van der Waals surface area contributed by atoms with Gasteiger partial charge in [0.25, 0.3) is 0 Å². The van der Waals surface area contributed by atoms with Crippen molar-refractivity contribution in [3.05, 3.63) is 23.1 Å². The summed E-state index contributed by atoms with van der Waals surface area (Å²) in [5.74, 6) is 1.20. The fraction of sp³-hybridized carbons (Fsp3) is 0.636. The second kappa shape index (κ2) is 3.44. The van der Waals surface area contributed by atoms with Gasteiger partial charge in [0.15, 0.2) is 0 Å². The normalized spacial score (nSPS) is 23.2. The molecule has 0 spiro atoms. The largest absolute Gasteiger partial charge is 0.494 e. The molecule has 72 valence electrons. The van der Waals surface area contributed by atoms with Crippen LogP contribution in [-0.4, -0.2) is 25.1 Å². The minimum Gasteiger partial charge on any atom is -0.494 e. The van der Waals surface area contributed by atoms with Gasteiger partial charge in [-0.3, -0.25) is 0 Å². The van der Waals surface area contributed by atoms with Gasteiger partial charge in [-0.1, -0.05) is 5.57 Å². The molecule has 2 heteroatoms. The molecule has 0 aromatic rings. The Morgan fingerprint density at radius 1 is 1.38 bits per heavy atom. The predicted octanol–water partition coefficient (Wildman–Crippen LogP) is 2.29. The molecule has 2 nitrogen and oxygen atoms in total. The van der Waals surface area contributed by atoms with Crippen molar-refractivity contribution in [2.45, 2.75) is 26.2 Å². The zero-order valence-electron chi connectivity index (χ0n) is 8.47. The molecule has 0 radical (unpaired) electrons. The fourth-order valence-corrected chi connectivity index (χ4v) is 1.94. The smallest absolute Gasteiger partial charge is 0.119 e. The van der Waals surface area contributed by atoms with Crippen molar-refractivity contribution in [2.24, 2.45) is 0 Å². The quantitative estimate of drug-likeness (QED) is 0.565. The number of allylic oxidation sites excluding steroid dienone is 3. The fourth-order valence-electron chi connectivity index (χ4n) is 1.94. The molecule has 0 atom stereocenters. The van der Waals surface area contributed by atoms with Crippen LogP contribution in [0.1, 0.15) is 26.2 Å². The van der Waals surface area contributed by atoms with E-state index in [4.69, 9.17) is 4.74 Å². The van der Waals surface area contributed by atoms with Crippen molar-refractivity contribution < 1.29 is 4.74 Å². The second-order valence-electron chi connectivity index (χ2n) is 3.92. The first kappa shape index (κ1) is 8.67. The van der Waals surface area contributed by atoms with E-state index in [9.17, 15) is 0 Å². The summed E-state index contributed by atoms with van der Waals surface area (Å²) in [5.41, 5.74) is 2.78. The average Bonchev–Trinajstić information content (AvgIpc) is 2.28. The molecule has 13 heavy (non-hydrogen) atoms. The molecule has 1 aliphatic carbocycles. The van der Waals surface area contributed by atoms with Crippen LogP contribution in [0.3, 0.4) is 0 Å². The summed E-state index contributed by atoms with van der Waals surface area (Å²) in [6, 6.07) is 0. The number of hydrogen-bond donors (Lipinski definition) is 0. The summed E-state index contributed by atoms with van der Waals surface area (Å²) in [7, 11) is 2.15. The van der Waals surface area contributed by atoms with Crippen molar-refractivity contribution in [2.75, 3.05) is 20.2 Å². The van der Waals surface area contributed by atoms with Crippen molar-refractivity contribution in [1.82, 2.24) is 4.90 Å². The minimum absolute atomic E-state index is 0.849. The standard InChI is InChI=1S/C11H17NO/c1-9-4-3-5-11-10(8-9)12(2)6-7-13-11/h8H,3-7H2,1-2H3. The Bertz CT molecular complexity index is 265. The average molecular weight is 179 g/mol. The van der Waals surface area contributed by atoms with E-state index in [1.165, 1.54) is 29.9 Å². The van der Waals surface area contributed by atoms with Crippen molar-refractivity contribution in [3.63, 3.8) is 0 Å². The van der Waals surface area contributed by atoms with E-state index >= 15 is 0 Å². The molecule has 2 rings (SSSR count). The van der Waals surface area contributed by atoms with Gasteiger partial charge in [0.2, 0.25) is 0 Å². The molecule has 0 N–H and O–H groups in total. The lowest BCUT2D eigenvalue weighted by Gasteiger charge is -2.28. The van der Waals surface area contributed by atoms with Crippen LogP contribution >= 0.6 is 0 Å². The maximum Gasteiger partial charge on any atom is 0.119 e.